The van der Waals surface area contributed by atoms with Crippen LogP contribution in [-0.4, -0.2) is 27.6 Å². The van der Waals surface area contributed by atoms with Crippen LogP contribution < -0.4 is 10.6 Å². The van der Waals surface area contributed by atoms with E-state index in [2.05, 4.69) is 43.5 Å². The van der Waals surface area contributed by atoms with Gasteiger partial charge in [-0.1, -0.05) is 99.6 Å². The van der Waals surface area contributed by atoms with Gasteiger partial charge in [-0.15, -0.1) is 0 Å². The van der Waals surface area contributed by atoms with Gasteiger partial charge in [-0.05, 0) is 42.0 Å². The third-order valence-electron chi connectivity index (χ3n) is 7.34. The number of aromatic nitrogens is 2. The minimum Gasteiger partial charge on any atom is -0.344 e. The minimum absolute atomic E-state index is 0.0808. The summed E-state index contributed by atoms with van der Waals surface area (Å²) in [5.74, 6) is 0.314. The van der Waals surface area contributed by atoms with Crippen molar-refractivity contribution in [1.29, 1.82) is 0 Å². The summed E-state index contributed by atoms with van der Waals surface area (Å²) < 4.78 is 1.79. The second-order valence-electron chi connectivity index (χ2n) is 11.5. The number of nitrogens with zero attached hydrogens (tertiary/aromatic N) is 2. The van der Waals surface area contributed by atoms with Gasteiger partial charge in [-0.25, -0.2) is 4.68 Å². The lowest BCUT2D eigenvalue weighted by Crippen LogP contribution is -2.46. The van der Waals surface area contributed by atoms with Crippen molar-refractivity contribution in [2.45, 2.75) is 57.9 Å². The smallest absolute Gasteiger partial charge is 0.248 e. The molecule has 1 aromatic heterocycles. The molecule has 2 amide bonds. The predicted octanol–water partition coefficient (Wildman–Crippen LogP) is 5.95. The van der Waals surface area contributed by atoms with Crippen LogP contribution >= 0.6 is 0 Å². The Morgan fingerprint density at radius 2 is 1.59 bits per heavy atom. The molecule has 0 radical (unpaired) electrons. The van der Waals surface area contributed by atoms with Crippen molar-refractivity contribution in [3.63, 3.8) is 0 Å². The van der Waals surface area contributed by atoms with E-state index in [1.807, 2.05) is 85.8 Å². The molecule has 1 heterocycles. The molecular formula is C33H36N4O2. The SMILES string of the molecule is Cc1ccccc1-n1nc(C(C)(C)C)cc1NC(=O)C(Cc1ccccc1)NC(=O)C1CC1c1ccccc1. The maximum atomic E-state index is 13.8. The number of hydrogen-bond acceptors (Lipinski definition) is 3. The molecule has 0 bridgehead atoms. The fourth-order valence-corrected chi connectivity index (χ4v) is 4.93. The molecule has 1 saturated carbocycles. The van der Waals surface area contributed by atoms with Gasteiger partial charge in [-0.2, -0.15) is 5.10 Å². The van der Waals surface area contributed by atoms with Gasteiger partial charge in [0.25, 0.3) is 0 Å². The first-order valence-electron chi connectivity index (χ1n) is 13.6. The second-order valence-corrected chi connectivity index (χ2v) is 11.5. The van der Waals surface area contributed by atoms with Gasteiger partial charge in [-0.3, -0.25) is 9.59 Å². The summed E-state index contributed by atoms with van der Waals surface area (Å²) in [6, 6.07) is 29.1. The molecule has 1 aliphatic rings. The molecule has 2 N–H and O–H groups in total. The third kappa shape index (κ3) is 6.11. The van der Waals surface area contributed by atoms with Crippen molar-refractivity contribution in [3.8, 4) is 5.69 Å². The molecule has 3 aromatic carbocycles. The van der Waals surface area contributed by atoms with E-state index in [0.717, 1.165) is 28.9 Å². The molecule has 200 valence electrons. The summed E-state index contributed by atoms with van der Waals surface area (Å²) in [7, 11) is 0. The Kier molecular flexibility index (Phi) is 7.38. The van der Waals surface area contributed by atoms with Crippen LogP contribution in [0.5, 0.6) is 0 Å². The number of nitrogens with one attached hydrogen (secondary N) is 2. The van der Waals surface area contributed by atoms with E-state index in [4.69, 9.17) is 5.10 Å². The highest BCUT2D eigenvalue weighted by atomic mass is 16.2. The topological polar surface area (TPSA) is 76.0 Å². The standard InChI is InChI=1S/C33H36N4O2/c1-22-13-11-12-18-28(22)37-30(21-29(36-37)33(2,3)4)35-32(39)27(19-23-14-7-5-8-15-23)34-31(38)26-20-25(26)24-16-9-6-10-17-24/h5-18,21,25-27H,19-20H2,1-4H3,(H,34,38)(H,35,39). The van der Waals surface area contributed by atoms with Gasteiger partial charge in [0.05, 0.1) is 11.4 Å². The lowest BCUT2D eigenvalue weighted by atomic mass is 9.92. The van der Waals surface area contributed by atoms with Gasteiger partial charge in [0, 0.05) is 23.8 Å². The molecular weight excluding hydrogens is 484 g/mol. The first-order chi connectivity index (χ1) is 18.7. The van der Waals surface area contributed by atoms with Crippen LogP contribution in [0.2, 0.25) is 0 Å². The lowest BCUT2D eigenvalue weighted by Gasteiger charge is -2.19. The van der Waals surface area contributed by atoms with Crippen LogP contribution in [-0.2, 0) is 21.4 Å². The van der Waals surface area contributed by atoms with Crippen LogP contribution in [0.25, 0.3) is 5.69 Å². The van der Waals surface area contributed by atoms with E-state index in [0.29, 0.717) is 12.2 Å². The van der Waals surface area contributed by atoms with E-state index in [1.165, 1.54) is 5.56 Å². The Hall–Kier alpha value is -4.19. The monoisotopic (exact) mass is 520 g/mol. The first-order valence-corrected chi connectivity index (χ1v) is 13.6. The minimum atomic E-state index is -0.727. The van der Waals surface area contributed by atoms with Gasteiger partial charge in [0.2, 0.25) is 11.8 Å². The van der Waals surface area contributed by atoms with Crippen molar-refractivity contribution in [2.75, 3.05) is 5.32 Å². The number of carbonyl (C=O) groups excluding carboxylic acids is 2. The maximum Gasteiger partial charge on any atom is 0.248 e. The van der Waals surface area contributed by atoms with Gasteiger partial charge in [0.1, 0.15) is 11.9 Å². The van der Waals surface area contributed by atoms with Crippen molar-refractivity contribution < 1.29 is 9.59 Å². The van der Waals surface area contributed by atoms with Crippen molar-refractivity contribution >= 4 is 17.6 Å². The summed E-state index contributed by atoms with van der Waals surface area (Å²) in [5, 5.41) is 11.0. The number of amides is 2. The average Bonchev–Trinajstić information content (AvgIpc) is 3.62. The lowest BCUT2D eigenvalue weighted by molar-refractivity contribution is -0.127. The van der Waals surface area contributed by atoms with Gasteiger partial charge < -0.3 is 10.6 Å². The normalized spacial score (nSPS) is 17.3. The molecule has 3 unspecified atom stereocenters. The third-order valence-corrected chi connectivity index (χ3v) is 7.34. The summed E-state index contributed by atoms with van der Waals surface area (Å²) in [6.45, 7) is 8.32. The fourth-order valence-electron chi connectivity index (χ4n) is 4.93. The number of para-hydroxylation sites is 1. The Morgan fingerprint density at radius 3 is 2.26 bits per heavy atom. The Labute approximate surface area is 230 Å². The molecule has 0 saturated heterocycles. The van der Waals surface area contributed by atoms with Crippen LogP contribution in [0.3, 0.4) is 0 Å². The number of aryl methyl sites for hydroxylation is 1. The van der Waals surface area contributed by atoms with Gasteiger partial charge >= 0.3 is 0 Å². The van der Waals surface area contributed by atoms with Gasteiger partial charge in [0.15, 0.2) is 0 Å². The largest absolute Gasteiger partial charge is 0.344 e. The maximum absolute atomic E-state index is 13.8. The van der Waals surface area contributed by atoms with E-state index < -0.39 is 6.04 Å². The molecule has 0 spiro atoms. The average molecular weight is 521 g/mol. The van der Waals surface area contributed by atoms with E-state index in [9.17, 15) is 9.59 Å². The highest BCUT2D eigenvalue weighted by Crippen LogP contribution is 2.47. The highest BCUT2D eigenvalue weighted by Gasteiger charge is 2.44. The number of carbonyl (C=O) groups is 2. The molecule has 5 rings (SSSR count). The zero-order valence-corrected chi connectivity index (χ0v) is 23.0. The number of hydrogen-bond donors (Lipinski definition) is 2. The van der Waals surface area contributed by atoms with Crippen molar-refractivity contribution in [1.82, 2.24) is 15.1 Å². The molecule has 39 heavy (non-hydrogen) atoms. The summed E-state index contributed by atoms with van der Waals surface area (Å²) in [6.07, 6.45) is 1.19. The number of rotatable bonds is 8. The molecule has 6 nitrogen and oxygen atoms in total. The Balaban J connectivity index is 1.40. The summed E-state index contributed by atoms with van der Waals surface area (Å²) in [5.41, 5.74) is 4.76. The second kappa shape index (κ2) is 10.9. The van der Waals surface area contributed by atoms with Crippen LogP contribution in [0, 0.1) is 12.8 Å². The van der Waals surface area contributed by atoms with E-state index in [1.54, 1.807) is 4.68 Å². The first kappa shape index (κ1) is 26.4. The summed E-state index contributed by atoms with van der Waals surface area (Å²) in [4.78, 5) is 27.1. The number of benzene rings is 3. The molecule has 3 atom stereocenters. The van der Waals surface area contributed by atoms with Crippen molar-refractivity contribution in [3.05, 3.63) is 113 Å². The quantitative estimate of drug-likeness (QED) is 0.302. The number of anilines is 1. The highest BCUT2D eigenvalue weighted by molar-refractivity contribution is 5.98. The van der Waals surface area contributed by atoms with E-state index in [-0.39, 0.29) is 29.1 Å². The van der Waals surface area contributed by atoms with E-state index >= 15 is 0 Å². The fraction of sp³-hybridized carbons (Fsp3) is 0.303. The van der Waals surface area contributed by atoms with Crippen molar-refractivity contribution in [2.24, 2.45) is 5.92 Å². The molecule has 4 aromatic rings. The Bertz CT molecular complexity index is 1450. The predicted molar refractivity (Wildman–Crippen MR) is 155 cm³/mol. The molecule has 1 aliphatic carbocycles. The molecule has 0 aliphatic heterocycles. The molecule has 6 heteroatoms. The Morgan fingerprint density at radius 1 is 0.949 bits per heavy atom. The molecule has 1 fully saturated rings. The zero-order chi connectivity index (χ0) is 27.6. The van der Waals surface area contributed by atoms with Crippen LogP contribution in [0.4, 0.5) is 5.82 Å². The van der Waals surface area contributed by atoms with Crippen LogP contribution in [0.1, 0.15) is 55.5 Å². The van der Waals surface area contributed by atoms with Crippen LogP contribution in [0.15, 0.2) is 91.0 Å². The zero-order valence-electron chi connectivity index (χ0n) is 23.0. The summed E-state index contributed by atoms with van der Waals surface area (Å²) >= 11 is 0.